The molecule has 0 bridgehead atoms. The van der Waals surface area contributed by atoms with Crippen molar-refractivity contribution in [2.75, 3.05) is 26.2 Å². The van der Waals surface area contributed by atoms with Gasteiger partial charge < -0.3 is 20.1 Å². The summed E-state index contributed by atoms with van der Waals surface area (Å²) in [5.74, 6) is 0.194. The lowest BCUT2D eigenvalue weighted by atomic mass is 9.97. The summed E-state index contributed by atoms with van der Waals surface area (Å²) >= 11 is 1.35. The number of rotatable bonds is 7. The van der Waals surface area contributed by atoms with Crippen LogP contribution >= 0.6 is 11.3 Å². The van der Waals surface area contributed by atoms with Crippen molar-refractivity contribution in [3.8, 4) is 33.4 Å². The molecule has 1 fully saturated rings. The Morgan fingerprint density at radius 1 is 0.886 bits per heavy atom. The molecule has 35 heavy (non-hydrogen) atoms. The third-order valence-electron chi connectivity index (χ3n) is 6.38. The second-order valence-electron chi connectivity index (χ2n) is 8.79. The molecule has 0 saturated carbocycles. The number of phenolic OH excluding ortho intramolecular Hbond substituents is 3. The van der Waals surface area contributed by atoms with Gasteiger partial charge in [0.25, 0.3) is 0 Å². The average Bonchev–Trinajstić information content (AvgIpc) is 3.25. The van der Waals surface area contributed by atoms with Crippen LogP contribution in [0, 0.1) is 0 Å². The number of aromatic hydroxyl groups is 3. The van der Waals surface area contributed by atoms with E-state index in [1.165, 1.54) is 42.7 Å². The Balaban J connectivity index is 1.41. The van der Waals surface area contributed by atoms with Crippen LogP contribution in [0.3, 0.4) is 0 Å². The van der Waals surface area contributed by atoms with Gasteiger partial charge in [-0.3, -0.25) is 9.69 Å². The number of benzene rings is 3. The fourth-order valence-corrected chi connectivity index (χ4v) is 5.73. The fraction of sp³-hybridized carbons (Fsp3) is 0.250. The smallest absolute Gasteiger partial charge is 0.195 e. The van der Waals surface area contributed by atoms with Gasteiger partial charge in [-0.15, -0.1) is 11.3 Å². The Kier molecular flexibility index (Phi) is 6.61. The van der Waals surface area contributed by atoms with Gasteiger partial charge in [0.05, 0.1) is 0 Å². The SMILES string of the molecule is O=C(c1ccc(OCCN2CCCCC2)cc1)c1c(-c2ccc(O)c(O)c2)sc2cc(O)ccc12. The number of carbonyl (C=O) groups is 1. The molecule has 5 rings (SSSR count). The van der Waals surface area contributed by atoms with Crippen LogP contribution in [-0.2, 0) is 0 Å². The van der Waals surface area contributed by atoms with Gasteiger partial charge in [0, 0.05) is 32.6 Å². The molecule has 1 aliphatic heterocycles. The maximum Gasteiger partial charge on any atom is 0.195 e. The van der Waals surface area contributed by atoms with Gasteiger partial charge in [-0.2, -0.15) is 0 Å². The first-order valence-corrected chi connectivity index (χ1v) is 12.6. The Labute approximate surface area is 207 Å². The molecule has 3 N–H and O–H groups in total. The van der Waals surface area contributed by atoms with Crippen molar-refractivity contribution in [3.63, 3.8) is 0 Å². The summed E-state index contributed by atoms with van der Waals surface area (Å²) in [5.41, 5.74) is 1.63. The molecule has 0 atom stereocenters. The Hall–Kier alpha value is -3.55. The van der Waals surface area contributed by atoms with Crippen molar-refractivity contribution in [1.82, 2.24) is 4.90 Å². The fourth-order valence-electron chi connectivity index (χ4n) is 4.50. The number of hydrogen-bond acceptors (Lipinski definition) is 7. The van der Waals surface area contributed by atoms with Gasteiger partial charge in [0.1, 0.15) is 18.1 Å². The lowest BCUT2D eigenvalue weighted by Gasteiger charge is -2.26. The standard InChI is InChI=1S/C28H27NO5S/c30-20-7-10-22-25(17-20)35-28(19-6-11-23(31)24(32)16-19)26(22)27(33)18-4-8-21(9-5-18)34-15-14-29-12-2-1-3-13-29/h4-11,16-17,30-32H,1-3,12-15H2. The van der Waals surface area contributed by atoms with E-state index in [1.807, 2.05) is 12.1 Å². The average molecular weight is 490 g/mol. The minimum atomic E-state index is -0.257. The number of fused-ring (bicyclic) bond motifs is 1. The van der Waals surface area contributed by atoms with Gasteiger partial charge in [0.15, 0.2) is 17.3 Å². The molecule has 4 aromatic rings. The zero-order chi connectivity index (χ0) is 24.4. The number of thiophene rings is 1. The van der Waals surface area contributed by atoms with Crippen LogP contribution in [0.4, 0.5) is 0 Å². The molecular weight excluding hydrogens is 462 g/mol. The molecule has 0 radical (unpaired) electrons. The van der Waals surface area contributed by atoms with Gasteiger partial charge in [-0.25, -0.2) is 0 Å². The van der Waals surface area contributed by atoms with E-state index in [4.69, 9.17) is 4.74 Å². The topological polar surface area (TPSA) is 90.2 Å². The van der Waals surface area contributed by atoms with E-state index < -0.39 is 0 Å². The predicted molar refractivity (Wildman–Crippen MR) is 138 cm³/mol. The molecule has 0 amide bonds. The second-order valence-corrected chi connectivity index (χ2v) is 9.85. The summed E-state index contributed by atoms with van der Waals surface area (Å²) in [5, 5.41) is 30.4. The van der Waals surface area contributed by atoms with Crippen LogP contribution in [0.25, 0.3) is 20.5 Å². The number of ketones is 1. The molecule has 6 nitrogen and oxygen atoms in total. The maximum atomic E-state index is 13.7. The monoisotopic (exact) mass is 489 g/mol. The van der Waals surface area contributed by atoms with E-state index >= 15 is 0 Å². The molecule has 2 heterocycles. The van der Waals surface area contributed by atoms with E-state index in [0.29, 0.717) is 28.2 Å². The molecule has 0 aliphatic carbocycles. The van der Waals surface area contributed by atoms with Crippen LogP contribution in [-0.4, -0.2) is 52.2 Å². The molecular formula is C28H27NO5S. The highest BCUT2D eigenvalue weighted by atomic mass is 32.1. The van der Waals surface area contributed by atoms with Crippen molar-refractivity contribution < 1.29 is 24.9 Å². The third kappa shape index (κ3) is 4.97. The molecule has 1 aromatic heterocycles. The van der Waals surface area contributed by atoms with Crippen LogP contribution in [0.15, 0.2) is 60.7 Å². The number of nitrogens with zero attached hydrogens (tertiary/aromatic N) is 1. The van der Waals surface area contributed by atoms with E-state index in [9.17, 15) is 20.1 Å². The normalized spacial score (nSPS) is 14.3. The van der Waals surface area contributed by atoms with Crippen molar-refractivity contribution in [2.24, 2.45) is 0 Å². The summed E-state index contributed by atoms with van der Waals surface area (Å²) in [6, 6.07) is 16.6. The number of hydrogen-bond donors (Lipinski definition) is 3. The van der Waals surface area contributed by atoms with Gasteiger partial charge in [0.2, 0.25) is 0 Å². The first-order chi connectivity index (χ1) is 17.0. The van der Waals surface area contributed by atoms with Gasteiger partial charge in [-0.1, -0.05) is 6.42 Å². The summed E-state index contributed by atoms with van der Waals surface area (Å²) in [4.78, 5) is 16.7. The van der Waals surface area contributed by atoms with Crippen molar-refractivity contribution in [3.05, 3.63) is 71.8 Å². The Bertz CT molecular complexity index is 1360. The Morgan fingerprint density at radius 3 is 2.40 bits per heavy atom. The van der Waals surface area contributed by atoms with E-state index in [2.05, 4.69) is 4.90 Å². The first kappa shape index (κ1) is 23.2. The van der Waals surface area contributed by atoms with Crippen molar-refractivity contribution >= 4 is 27.2 Å². The zero-order valence-corrected chi connectivity index (χ0v) is 20.1. The van der Waals surface area contributed by atoms with Crippen molar-refractivity contribution in [2.45, 2.75) is 19.3 Å². The van der Waals surface area contributed by atoms with Gasteiger partial charge >= 0.3 is 0 Å². The van der Waals surface area contributed by atoms with Crippen LogP contribution in [0.5, 0.6) is 23.0 Å². The number of ether oxygens (including phenoxy) is 1. The third-order valence-corrected chi connectivity index (χ3v) is 7.58. The predicted octanol–water partition coefficient (Wildman–Crippen LogP) is 5.78. The molecule has 7 heteroatoms. The van der Waals surface area contributed by atoms with E-state index in [0.717, 1.165) is 35.5 Å². The highest BCUT2D eigenvalue weighted by Gasteiger charge is 2.22. The summed E-state index contributed by atoms with van der Waals surface area (Å²) in [6.45, 7) is 3.77. The second kappa shape index (κ2) is 9.98. The highest BCUT2D eigenvalue weighted by Crippen LogP contribution is 2.43. The summed E-state index contributed by atoms with van der Waals surface area (Å²) < 4.78 is 6.66. The molecule has 180 valence electrons. The number of phenols is 3. The minimum absolute atomic E-state index is 0.115. The highest BCUT2D eigenvalue weighted by molar-refractivity contribution is 7.22. The largest absolute Gasteiger partial charge is 0.508 e. The number of carbonyl (C=O) groups excluding carboxylic acids is 1. The van der Waals surface area contributed by atoms with Crippen LogP contribution in [0.1, 0.15) is 35.2 Å². The van der Waals surface area contributed by atoms with Crippen LogP contribution in [0.2, 0.25) is 0 Å². The molecule has 0 unspecified atom stereocenters. The lowest BCUT2D eigenvalue weighted by molar-refractivity contribution is 0.104. The minimum Gasteiger partial charge on any atom is -0.508 e. The zero-order valence-electron chi connectivity index (χ0n) is 19.2. The lowest BCUT2D eigenvalue weighted by Crippen LogP contribution is -2.33. The quantitative estimate of drug-likeness (QED) is 0.225. The summed E-state index contributed by atoms with van der Waals surface area (Å²) in [7, 11) is 0. The van der Waals surface area contributed by atoms with E-state index in [-0.39, 0.29) is 23.0 Å². The van der Waals surface area contributed by atoms with E-state index in [1.54, 1.807) is 36.4 Å². The Morgan fingerprint density at radius 2 is 1.66 bits per heavy atom. The molecule has 3 aromatic carbocycles. The summed E-state index contributed by atoms with van der Waals surface area (Å²) in [6.07, 6.45) is 3.81. The molecule has 1 aliphatic rings. The molecule has 1 saturated heterocycles. The number of likely N-dealkylation sites (tertiary alicyclic amines) is 1. The first-order valence-electron chi connectivity index (χ1n) is 11.8. The van der Waals surface area contributed by atoms with Crippen molar-refractivity contribution in [1.29, 1.82) is 0 Å². The van der Waals surface area contributed by atoms with Gasteiger partial charge in [-0.05, 0) is 92.2 Å². The van der Waals surface area contributed by atoms with Crippen LogP contribution < -0.4 is 4.74 Å². The molecule has 0 spiro atoms. The number of piperidine rings is 1. The maximum absolute atomic E-state index is 13.7.